The summed E-state index contributed by atoms with van der Waals surface area (Å²) in [6.07, 6.45) is 0.952. The summed E-state index contributed by atoms with van der Waals surface area (Å²) in [5, 5.41) is 17.9. The van der Waals surface area contributed by atoms with Gasteiger partial charge in [-0.05, 0) is 38.3 Å². The van der Waals surface area contributed by atoms with Crippen molar-refractivity contribution in [3.8, 4) is 6.07 Å². The van der Waals surface area contributed by atoms with Crippen LogP contribution in [-0.4, -0.2) is 61.4 Å². The number of nitrogens with zero attached hydrogens (tertiary/aromatic N) is 4. The molecule has 1 aliphatic heterocycles. The van der Waals surface area contributed by atoms with Gasteiger partial charge < -0.3 is 14.7 Å². The van der Waals surface area contributed by atoms with Crippen LogP contribution in [0.1, 0.15) is 29.9 Å². The van der Waals surface area contributed by atoms with Gasteiger partial charge in [-0.25, -0.2) is 8.42 Å². The molecule has 1 N–H and O–H groups in total. The summed E-state index contributed by atoms with van der Waals surface area (Å²) in [6, 6.07) is 3.71. The van der Waals surface area contributed by atoms with E-state index in [0.717, 1.165) is 0 Å². The lowest BCUT2D eigenvalue weighted by Crippen LogP contribution is -2.36. The van der Waals surface area contributed by atoms with Crippen LogP contribution in [0.5, 0.6) is 0 Å². The first kappa shape index (κ1) is 21.4. The smallest absolute Gasteiger partial charge is 0.248 e. The number of aryl methyl sites for hydroxylation is 2. The Morgan fingerprint density at radius 3 is 2.83 bits per heavy atom. The summed E-state index contributed by atoms with van der Waals surface area (Å²) < 4.78 is 32.4. The van der Waals surface area contributed by atoms with Gasteiger partial charge in [-0.1, -0.05) is 5.16 Å². The molecule has 0 aliphatic carbocycles. The van der Waals surface area contributed by atoms with E-state index in [4.69, 9.17) is 9.78 Å². The maximum atomic E-state index is 13.0. The van der Waals surface area contributed by atoms with Gasteiger partial charge in [-0.3, -0.25) is 4.79 Å². The molecular weight excluding hydrogens is 414 g/mol. The van der Waals surface area contributed by atoms with E-state index < -0.39 is 10.0 Å². The van der Waals surface area contributed by atoms with Gasteiger partial charge in [-0.15, -0.1) is 11.3 Å². The quantitative estimate of drug-likeness (QED) is 0.733. The first-order chi connectivity index (χ1) is 13.8. The van der Waals surface area contributed by atoms with E-state index in [0.29, 0.717) is 61.2 Å². The van der Waals surface area contributed by atoms with E-state index in [9.17, 15) is 13.2 Å². The monoisotopic (exact) mass is 437 g/mol. The Labute approximate surface area is 173 Å². The van der Waals surface area contributed by atoms with Crippen LogP contribution in [0.3, 0.4) is 0 Å². The number of nitriles is 1. The van der Waals surface area contributed by atoms with Gasteiger partial charge in [0.15, 0.2) is 5.76 Å². The zero-order valence-corrected chi connectivity index (χ0v) is 18.0. The third-order valence-corrected chi connectivity index (χ3v) is 7.78. The van der Waals surface area contributed by atoms with Crippen molar-refractivity contribution in [1.82, 2.24) is 14.4 Å². The van der Waals surface area contributed by atoms with Crippen molar-refractivity contribution in [2.24, 2.45) is 0 Å². The summed E-state index contributed by atoms with van der Waals surface area (Å²) in [4.78, 5) is 14.4. The molecule has 1 saturated heterocycles. The normalized spacial score (nSPS) is 16.3. The Bertz CT molecular complexity index is 1000. The van der Waals surface area contributed by atoms with Crippen LogP contribution in [0, 0.1) is 25.2 Å². The number of rotatable bonds is 6. The van der Waals surface area contributed by atoms with Crippen LogP contribution in [0.4, 0.5) is 5.00 Å². The molecular formula is C18H23N5O4S2. The molecule has 0 saturated carbocycles. The molecule has 156 valence electrons. The Morgan fingerprint density at radius 2 is 2.14 bits per heavy atom. The molecule has 0 unspecified atom stereocenters. The van der Waals surface area contributed by atoms with E-state index in [1.807, 2.05) is 6.07 Å². The minimum Gasteiger partial charge on any atom is -0.360 e. The maximum absolute atomic E-state index is 13.0. The van der Waals surface area contributed by atoms with Crippen molar-refractivity contribution >= 4 is 32.3 Å². The Kier molecular flexibility index (Phi) is 6.69. The lowest BCUT2D eigenvalue weighted by Gasteiger charge is -2.21. The van der Waals surface area contributed by atoms with E-state index in [1.165, 1.54) is 15.6 Å². The molecule has 1 amide bonds. The minimum absolute atomic E-state index is 0.148. The number of sulfonamides is 1. The van der Waals surface area contributed by atoms with Crippen molar-refractivity contribution in [3.63, 3.8) is 0 Å². The average molecular weight is 438 g/mol. The van der Waals surface area contributed by atoms with Crippen molar-refractivity contribution in [2.75, 3.05) is 38.0 Å². The van der Waals surface area contributed by atoms with Crippen molar-refractivity contribution in [1.29, 1.82) is 5.26 Å². The predicted molar refractivity (Wildman–Crippen MR) is 108 cm³/mol. The Balaban J connectivity index is 1.55. The van der Waals surface area contributed by atoms with Crippen LogP contribution in [0.2, 0.25) is 0 Å². The van der Waals surface area contributed by atoms with Crippen molar-refractivity contribution < 1.29 is 17.7 Å². The van der Waals surface area contributed by atoms with Gasteiger partial charge >= 0.3 is 0 Å². The van der Waals surface area contributed by atoms with E-state index >= 15 is 0 Å². The summed E-state index contributed by atoms with van der Waals surface area (Å²) in [5.41, 5.74) is 0.823. The molecule has 0 aromatic carbocycles. The van der Waals surface area contributed by atoms with E-state index in [2.05, 4.69) is 15.4 Å². The number of hydrogen-bond donors (Lipinski definition) is 1. The molecule has 29 heavy (non-hydrogen) atoms. The van der Waals surface area contributed by atoms with Crippen molar-refractivity contribution in [2.45, 2.75) is 31.6 Å². The molecule has 1 fully saturated rings. The van der Waals surface area contributed by atoms with Gasteiger partial charge in [0.05, 0.1) is 5.56 Å². The SMILES string of the molecule is Cc1noc(C)c1S(=O)(=O)N1CCCN(CCC(=O)Nc2sccc2C#N)CC1. The maximum Gasteiger partial charge on any atom is 0.248 e. The third kappa shape index (κ3) is 4.84. The molecule has 11 heteroatoms. The number of anilines is 1. The molecule has 0 atom stereocenters. The van der Waals surface area contributed by atoms with Crippen LogP contribution in [0.15, 0.2) is 20.9 Å². The number of carbonyl (C=O) groups excluding carboxylic acids is 1. The van der Waals surface area contributed by atoms with Gasteiger partial charge in [0, 0.05) is 32.6 Å². The number of carbonyl (C=O) groups is 1. The highest BCUT2D eigenvalue weighted by Crippen LogP contribution is 2.24. The Hall–Kier alpha value is -2.26. The summed E-state index contributed by atoms with van der Waals surface area (Å²) in [6.45, 7) is 5.76. The molecule has 3 rings (SSSR count). The first-order valence-corrected chi connectivity index (χ1v) is 11.6. The number of amides is 1. The third-order valence-electron chi connectivity index (χ3n) is 4.81. The molecule has 2 aromatic heterocycles. The highest BCUT2D eigenvalue weighted by atomic mass is 32.2. The summed E-state index contributed by atoms with van der Waals surface area (Å²) >= 11 is 1.32. The van der Waals surface area contributed by atoms with Gasteiger partial charge in [-0.2, -0.15) is 9.57 Å². The zero-order valence-electron chi connectivity index (χ0n) is 16.3. The lowest BCUT2D eigenvalue weighted by molar-refractivity contribution is -0.116. The summed E-state index contributed by atoms with van der Waals surface area (Å²) in [5.74, 6) is 0.138. The topological polar surface area (TPSA) is 120 Å². The number of aromatic nitrogens is 1. The second-order valence-corrected chi connectivity index (χ2v) is 9.62. The van der Waals surface area contributed by atoms with Crippen LogP contribution < -0.4 is 5.32 Å². The molecule has 0 spiro atoms. The highest BCUT2D eigenvalue weighted by Gasteiger charge is 2.32. The van der Waals surface area contributed by atoms with Crippen molar-refractivity contribution in [3.05, 3.63) is 28.5 Å². The number of nitrogens with one attached hydrogen (secondary N) is 1. The lowest BCUT2D eigenvalue weighted by atomic mass is 10.3. The molecule has 1 aliphatic rings. The predicted octanol–water partition coefficient (Wildman–Crippen LogP) is 1.95. The standard InChI is InChI=1S/C18H23N5O4S2/c1-13-17(14(2)27-21-13)29(25,26)23-7-3-6-22(9-10-23)8-4-16(24)20-18-15(12-19)5-11-28-18/h5,11H,3-4,6-10H2,1-2H3,(H,20,24). The fourth-order valence-electron chi connectivity index (χ4n) is 3.33. The zero-order chi connectivity index (χ0) is 21.0. The highest BCUT2D eigenvalue weighted by molar-refractivity contribution is 7.89. The van der Waals surface area contributed by atoms with E-state index in [-0.39, 0.29) is 17.2 Å². The van der Waals surface area contributed by atoms with Crippen LogP contribution in [-0.2, 0) is 14.8 Å². The van der Waals surface area contributed by atoms with Crippen LogP contribution >= 0.6 is 11.3 Å². The van der Waals surface area contributed by atoms with Crippen LogP contribution in [0.25, 0.3) is 0 Å². The molecule has 0 radical (unpaired) electrons. The fraction of sp³-hybridized carbons (Fsp3) is 0.500. The molecule has 2 aromatic rings. The molecule has 0 bridgehead atoms. The minimum atomic E-state index is -3.66. The number of hydrogen-bond acceptors (Lipinski definition) is 8. The average Bonchev–Trinajstić information content (AvgIpc) is 3.17. The largest absolute Gasteiger partial charge is 0.360 e. The first-order valence-electron chi connectivity index (χ1n) is 9.25. The Morgan fingerprint density at radius 1 is 1.34 bits per heavy atom. The second-order valence-electron chi connectivity index (χ2n) is 6.83. The van der Waals surface area contributed by atoms with Gasteiger partial charge in [0.25, 0.3) is 0 Å². The van der Waals surface area contributed by atoms with Gasteiger partial charge in [0.1, 0.15) is 21.7 Å². The molecule has 3 heterocycles. The second kappa shape index (κ2) is 9.04. The summed E-state index contributed by atoms with van der Waals surface area (Å²) in [7, 11) is -3.66. The van der Waals surface area contributed by atoms with E-state index in [1.54, 1.807) is 25.3 Å². The number of thiophene rings is 1. The molecule has 9 nitrogen and oxygen atoms in total. The van der Waals surface area contributed by atoms with Gasteiger partial charge in [0.2, 0.25) is 15.9 Å². The fourth-order valence-corrected chi connectivity index (χ4v) is 5.84.